The molecule has 0 aliphatic heterocycles. The topological polar surface area (TPSA) is 171 Å². The molecule has 10 heteroatoms. The highest BCUT2D eigenvalue weighted by molar-refractivity contribution is 5.81. The van der Waals surface area contributed by atoms with Crippen molar-refractivity contribution in [2.24, 2.45) is 5.92 Å². The zero-order chi connectivity index (χ0) is 15.4. The Morgan fingerprint density at radius 3 is 2.52 bits per heavy atom. The molecule has 0 spiro atoms. The number of aliphatic hydroxyl groups excluding tert-OH is 3. The van der Waals surface area contributed by atoms with Gasteiger partial charge in [0.2, 0.25) is 0 Å². The number of rotatable bonds is 2. The van der Waals surface area contributed by atoms with E-state index < -0.39 is 36.6 Å². The number of nitrogens with two attached hydrogens (primary N) is 1. The van der Waals surface area contributed by atoms with Gasteiger partial charge < -0.3 is 35.8 Å². The van der Waals surface area contributed by atoms with Crippen molar-refractivity contribution in [2.45, 2.75) is 24.0 Å². The molecule has 2 aromatic heterocycles. The Balaban J connectivity index is 2.16. The van der Waals surface area contributed by atoms with Crippen LogP contribution in [0.15, 0.2) is 12.7 Å². The Hall–Kier alpha value is -1.85. The van der Waals surface area contributed by atoms with Crippen LogP contribution in [0.1, 0.15) is 6.04 Å². The van der Waals surface area contributed by atoms with Gasteiger partial charge in [-0.25, -0.2) is 15.0 Å². The molecule has 1 aliphatic rings. The lowest BCUT2D eigenvalue weighted by atomic mass is 10.0. The molecule has 2 heterocycles. The van der Waals surface area contributed by atoms with Gasteiger partial charge in [-0.05, 0) is 0 Å². The van der Waals surface area contributed by atoms with Crippen LogP contribution >= 0.6 is 0 Å². The maximum absolute atomic E-state index is 10.2. The van der Waals surface area contributed by atoms with E-state index in [1.54, 1.807) is 0 Å². The van der Waals surface area contributed by atoms with Crippen molar-refractivity contribution in [3.8, 4) is 0 Å². The minimum Gasteiger partial charge on any atom is -0.396 e. The minimum absolute atomic E-state index is 0.104. The molecule has 4 atom stereocenters. The molecular formula is C11H15N5O5. The second-order valence-corrected chi connectivity index (χ2v) is 5.08. The molecule has 2 aromatic rings. The van der Waals surface area contributed by atoms with E-state index >= 15 is 0 Å². The Morgan fingerprint density at radius 2 is 1.90 bits per heavy atom. The van der Waals surface area contributed by atoms with Crippen molar-refractivity contribution >= 4 is 17.0 Å². The summed E-state index contributed by atoms with van der Waals surface area (Å²) in [5.74, 6) is -3.76. The van der Waals surface area contributed by atoms with Gasteiger partial charge in [-0.3, -0.25) is 0 Å². The van der Waals surface area contributed by atoms with E-state index in [1.165, 1.54) is 17.2 Å². The number of anilines is 1. The van der Waals surface area contributed by atoms with E-state index in [2.05, 4.69) is 15.0 Å². The van der Waals surface area contributed by atoms with E-state index in [0.29, 0.717) is 0 Å². The van der Waals surface area contributed by atoms with E-state index in [0.717, 1.165) is 0 Å². The number of nitrogen functional groups attached to an aromatic ring is 1. The first-order valence-corrected chi connectivity index (χ1v) is 6.24. The van der Waals surface area contributed by atoms with E-state index in [1.807, 2.05) is 0 Å². The van der Waals surface area contributed by atoms with Crippen molar-refractivity contribution in [3.05, 3.63) is 12.7 Å². The minimum atomic E-state index is -2.54. The third-order valence-electron chi connectivity index (χ3n) is 3.95. The molecule has 1 saturated carbocycles. The van der Waals surface area contributed by atoms with Crippen LogP contribution < -0.4 is 5.73 Å². The first kappa shape index (κ1) is 14.1. The number of fused-ring (bicyclic) bond motifs is 1. The summed E-state index contributed by atoms with van der Waals surface area (Å²) in [6.07, 6.45) is -0.637. The Labute approximate surface area is 118 Å². The van der Waals surface area contributed by atoms with Crippen molar-refractivity contribution in [1.29, 1.82) is 0 Å². The van der Waals surface area contributed by atoms with Crippen molar-refractivity contribution in [1.82, 2.24) is 19.5 Å². The first-order valence-electron chi connectivity index (χ1n) is 6.24. The fraction of sp³-hybridized carbons (Fsp3) is 0.545. The summed E-state index contributed by atoms with van der Waals surface area (Å²) < 4.78 is 1.21. The molecule has 0 saturated heterocycles. The van der Waals surface area contributed by atoms with Crippen LogP contribution in [-0.4, -0.2) is 69.7 Å². The van der Waals surface area contributed by atoms with Crippen LogP contribution in [0.4, 0.5) is 5.82 Å². The number of hydrogen-bond donors (Lipinski definition) is 6. The monoisotopic (exact) mass is 297 g/mol. The van der Waals surface area contributed by atoms with Gasteiger partial charge in [-0.15, -0.1) is 0 Å². The predicted molar refractivity (Wildman–Crippen MR) is 68.5 cm³/mol. The average Bonchev–Trinajstić information content (AvgIpc) is 2.90. The summed E-state index contributed by atoms with van der Waals surface area (Å²) >= 11 is 0. The molecular weight excluding hydrogens is 282 g/mol. The van der Waals surface area contributed by atoms with Crippen LogP contribution in [0.3, 0.4) is 0 Å². The van der Waals surface area contributed by atoms with Gasteiger partial charge in [-0.1, -0.05) is 0 Å². The van der Waals surface area contributed by atoms with Gasteiger partial charge in [0.25, 0.3) is 0 Å². The van der Waals surface area contributed by atoms with Crippen LogP contribution in [0.2, 0.25) is 0 Å². The normalized spacial score (nSPS) is 31.9. The summed E-state index contributed by atoms with van der Waals surface area (Å²) in [7, 11) is 0. The van der Waals surface area contributed by atoms with Gasteiger partial charge in [0.05, 0.1) is 25.0 Å². The largest absolute Gasteiger partial charge is 0.396 e. The highest BCUT2D eigenvalue weighted by atomic mass is 16.5. The molecule has 21 heavy (non-hydrogen) atoms. The molecule has 7 N–H and O–H groups in total. The maximum atomic E-state index is 10.2. The van der Waals surface area contributed by atoms with Crippen molar-refractivity contribution < 1.29 is 25.5 Å². The highest BCUT2D eigenvalue weighted by Gasteiger charge is 2.59. The fourth-order valence-electron chi connectivity index (χ4n) is 2.83. The van der Waals surface area contributed by atoms with Crippen LogP contribution in [0.25, 0.3) is 11.2 Å². The lowest BCUT2D eigenvalue weighted by molar-refractivity contribution is -0.223. The molecule has 114 valence electrons. The number of aliphatic hydroxyl groups is 5. The Morgan fingerprint density at radius 1 is 1.19 bits per heavy atom. The van der Waals surface area contributed by atoms with Crippen molar-refractivity contribution in [2.75, 3.05) is 12.3 Å². The molecule has 10 nitrogen and oxygen atoms in total. The summed E-state index contributed by atoms with van der Waals surface area (Å²) in [5.41, 5.74) is 6.07. The average molecular weight is 297 g/mol. The molecule has 0 aromatic carbocycles. The second kappa shape index (κ2) is 4.58. The highest BCUT2D eigenvalue weighted by Crippen LogP contribution is 2.43. The molecule has 0 bridgehead atoms. The SMILES string of the molecule is Nc1ncnc2c1ncn2C1C(O)C(O)C(CO)C1(O)O. The maximum Gasteiger partial charge on any atom is 0.194 e. The third-order valence-corrected chi connectivity index (χ3v) is 3.95. The first-order chi connectivity index (χ1) is 9.89. The number of nitrogens with zero attached hydrogens (tertiary/aromatic N) is 4. The predicted octanol–water partition coefficient (Wildman–Crippen LogP) is -3.03. The lowest BCUT2D eigenvalue weighted by Crippen LogP contribution is -2.44. The van der Waals surface area contributed by atoms with Gasteiger partial charge in [0, 0.05) is 0 Å². The molecule has 3 rings (SSSR count). The summed E-state index contributed by atoms with van der Waals surface area (Å²) in [5, 5.41) is 49.6. The molecule has 4 unspecified atom stereocenters. The Bertz CT molecular complexity index is 674. The Kier molecular flexibility index (Phi) is 3.07. The quantitative estimate of drug-likeness (QED) is 0.315. The smallest absolute Gasteiger partial charge is 0.194 e. The van der Waals surface area contributed by atoms with E-state index in [4.69, 9.17) is 5.73 Å². The standard InChI is InChI=1S/C11H15N5O5/c12-9-5-10(14-2-13-9)16(3-15-5)8-7(19)6(18)4(1-17)11(8,20)21/h2-4,6-8,17-21H,1H2,(H2,12,13,14). The van der Waals surface area contributed by atoms with Crippen molar-refractivity contribution in [3.63, 3.8) is 0 Å². The van der Waals surface area contributed by atoms with E-state index in [-0.39, 0.29) is 17.0 Å². The summed E-state index contributed by atoms with van der Waals surface area (Å²) in [6, 6.07) is -1.36. The number of aromatic nitrogens is 4. The van der Waals surface area contributed by atoms with Crippen LogP contribution in [0, 0.1) is 5.92 Å². The summed E-state index contributed by atoms with van der Waals surface area (Å²) in [6.45, 7) is -0.703. The van der Waals surface area contributed by atoms with Crippen LogP contribution in [-0.2, 0) is 0 Å². The molecule has 0 amide bonds. The molecule has 1 aliphatic carbocycles. The van der Waals surface area contributed by atoms with E-state index in [9.17, 15) is 25.5 Å². The third kappa shape index (κ3) is 1.81. The number of imidazole rings is 1. The summed E-state index contributed by atoms with van der Waals surface area (Å²) in [4.78, 5) is 11.7. The lowest BCUT2D eigenvalue weighted by Gasteiger charge is -2.29. The van der Waals surface area contributed by atoms with Gasteiger partial charge in [0.15, 0.2) is 17.3 Å². The van der Waals surface area contributed by atoms with Gasteiger partial charge in [-0.2, -0.15) is 0 Å². The second-order valence-electron chi connectivity index (χ2n) is 5.08. The fourth-order valence-corrected chi connectivity index (χ4v) is 2.83. The zero-order valence-electron chi connectivity index (χ0n) is 10.8. The van der Waals surface area contributed by atoms with Gasteiger partial charge in [0.1, 0.15) is 24.0 Å². The zero-order valence-corrected chi connectivity index (χ0v) is 10.8. The number of hydrogen-bond acceptors (Lipinski definition) is 9. The van der Waals surface area contributed by atoms with Crippen LogP contribution in [0.5, 0.6) is 0 Å². The molecule has 0 radical (unpaired) electrons. The van der Waals surface area contributed by atoms with Gasteiger partial charge >= 0.3 is 0 Å². The molecule has 1 fully saturated rings.